The summed E-state index contributed by atoms with van der Waals surface area (Å²) >= 11 is 0. The lowest BCUT2D eigenvalue weighted by Gasteiger charge is -2.50. The molecular formula is C16H23FN2. The molecule has 2 bridgehead atoms. The van der Waals surface area contributed by atoms with Crippen molar-refractivity contribution in [3.63, 3.8) is 0 Å². The van der Waals surface area contributed by atoms with Crippen molar-refractivity contribution in [1.82, 2.24) is 5.32 Å². The highest BCUT2D eigenvalue weighted by atomic mass is 19.1. The molecule has 0 aliphatic carbocycles. The van der Waals surface area contributed by atoms with Crippen molar-refractivity contribution in [3.8, 4) is 0 Å². The normalized spacial score (nSPS) is 30.5. The maximum absolute atomic E-state index is 13.3. The Morgan fingerprint density at radius 1 is 1.21 bits per heavy atom. The Hall–Kier alpha value is -1.09. The molecule has 1 N–H and O–H groups in total. The van der Waals surface area contributed by atoms with Gasteiger partial charge in [-0.05, 0) is 69.8 Å². The molecule has 0 radical (unpaired) electrons. The summed E-state index contributed by atoms with van der Waals surface area (Å²) in [6, 6.07) is 7.11. The smallest absolute Gasteiger partial charge is 0.123 e. The minimum atomic E-state index is -0.128. The minimum Gasteiger partial charge on any atom is -0.365 e. The molecule has 0 aromatic heterocycles. The third-order valence-corrected chi connectivity index (χ3v) is 4.82. The van der Waals surface area contributed by atoms with Crippen molar-refractivity contribution in [3.05, 3.63) is 29.6 Å². The van der Waals surface area contributed by atoms with E-state index >= 15 is 0 Å². The number of piperidine rings is 2. The van der Waals surface area contributed by atoms with Gasteiger partial charge < -0.3 is 10.2 Å². The van der Waals surface area contributed by atoms with Gasteiger partial charge in [0.2, 0.25) is 0 Å². The van der Waals surface area contributed by atoms with E-state index in [1.165, 1.54) is 37.8 Å². The molecule has 1 aromatic rings. The molecule has 1 aromatic carbocycles. The summed E-state index contributed by atoms with van der Waals surface area (Å²) in [4.78, 5) is 2.58. The van der Waals surface area contributed by atoms with Crippen molar-refractivity contribution >= 4 is 5.69 Å². The summed E-state index contributed by atoms with van der Waals surface area (Å²) in [5.41, 5.74) is 2.31. The lowest BCUT2D eigenvalue weighted by Crippen LogP contribution is -2.56. The Labute approximate surface area is 115 Å². The van der Waals surface area contributed by atoms with Crippen molar-refractivity contribution in [2.45, 2.75) is 57.2 Å². The highest BCUT2D eigenvalue weighted by molar-refractivity contribution is 5.56. The van der Waals surface area contributed by atoms with Gasteiger partial charge in [-0.2, -0.15) is 0 Å². The van der Waals surface area contributed by atoms with Crippen LogP contribution >= 0.6 is 0 Å². The van der Waals surface area contributed by atoms with E-state index in [1.807, 2.05) is 13.0 Å². The molecule has 2 fully saturated rings. The first-order valence-electron chi connectivity index (χ1n) is 7.41. The van der Waals surface area contributed by atoms with Crippen molar-refractivity contribution < 1.29 is 4.39 Å². The van der Waals surface area contributed by atoms with Gasteiger partial charge in [0.05, 0.1) is 0 Å². The van der Waals surface area contributed by atoms with Gasteiger partial charge in [0.25, 0.3) is 0 Å². The van der Waals surface area contributed by atoms with E-state index in [2.05, 4.69) is 17.3 Å². The summed E-state index contributed by atoms with van der Waals surface area (Å²) in [5, 5.41) is 3.44. The van der Waals surface area contributed by atoms with E-state index < -0.39 is 0 Å². The van der Waals surface area contributed by atoms with Crippen LogP contribution in [0.3, 0.4) is 0 Å². The Morgan fingerprint density at radius 2 is 1.89 bits per heavy atom. The lowest BCUT2D eigenvalue weighted by molar-refractivity contribution is 0.252. The quantitative estimate of drug-likeness (QED) is 0.880. The van der Waals surface area contributed by atoms with Crippen LogP contribution < -0.4 is 10.2 Å². The highest BCUT2D eigenvalue weighted by Crippen LogP contribution is 2.39. The molecule has 2 unspecified atom stereocenters. The number of rotatable bonds is 2. The molecule has 2 nitrogen and oxygen atoms in total. The van der Waals surface area contributed by atoms with Gasteiger partial charge in [-0.25, -0.2) is 4.39 Å². The monoisotopic (exact) mass is 262 g/mol. The Bertz CT molecular complexity index is 446. The highest BCUT2D eigenvalue weighted by Gasteiger charge is 2.38. The molecule has 2 aliphatic rings. The second-order valence-corrected chi connectivity index (χ2v) is 6.03. The molecule has 0 amide bonds. The maximum Gasteiger partial charge on any atom is 0.123 e. The number of halogens is 1. The molecule has 0 saturated carbocycles. The van der Waals surface area contributed by atoms with E-state index in [0.717, 1.165) is 5.56 Å². The summed E-state index contributed by atoms with van der Waals surface area (Å²) in [6.07, 6.45) is 6.30. The zero-order valence-corrected chi connectivity index (χ0v) is 11.8. The second-order valence-electron chi connectivity index (χ2n) is 6.03. The van der Waals surface area contributed by atoms with E-state index in [-0.39, 0.29) is 5.82 Å². The third-order valence-electron chi connectivity index (χ3n) is 4.82. The van der Waals surface area contributed by atoms with Gasteiger partial charge in [-0.3, -0.25) is 0 Å². The average molecular weight is 262 g/mol. The zero-order valence-electron chi connectivity index (χ0n) is 11.8. The molecule has 0 spiro atoms. The van der Waals surface area contributed by atoms with Gasteiger partial charge >= 0.3 is 0 Å². The number of nitrogens with one attached hydrogen (secondary N) is 1. The summed E-state index contributed by atoms with van der Waals surface area (Å²) in [5.74, 6) is -0.128. The summed E-state index contributed by atoms with van der Waals surface area (Å²) in [7, 11) is 2.07. The number of anilines is 1. The zero-order chi connectivity index (χ0) is 13.4. The van der Waals surface area contributed by atoms with Crippen molar-refractivity contribution in [1.29, 1.82) is 0 Å². The molecule has 3 heteroatoms. The Balaban J connectivity index is 1.91. The van der Waals surface area contributed by atoms with Crippen molar-refractivity contribution in [2.24, 2.45) is 0 Å². The number of benzene rings is 1. The number of nitrogens with zero attached hydrogens (tertiary/aromatic N) is 1. The topological polar surface area (TPSA) is 15.3 Å². The molecule has 104 valence electrons. The third kappa shape index (κ3) is 2.36. The van der Waals surface area contributed by atoms with E-state index in [1.54, 1.807) is 12.1 Å². The van der Waals surface area contributed by atoms with Gasteiger partial charge in [0, 0.05) is 23.8 Å². The Morgan fingerprint density at radius 3 is 2.47 bits per heavy atom. The van der Waals surface area contributed by atoms with Crippen molar-refractivity contribution in [2.75, 3.05) is 11.9 Å². The molecule has 2 aliphatic heterocycles. The summed E-state index contributed by atoms with van der Waals surface area (Å²) < 4.78 is 13.3. The van der Waals surface area contributed by atoms with Gasteiger partial charge in [0.1, 0.15) is 5.82 Å². The standard InChI is InChI=1S/C16H23FN2/c1-11-8-12(17)6-7-16(11)19-14-4-3-5-15(19)10-13(9-14)18-2/h6-8,13-15,18H,3-5,9-10H2,1-2H3. The van der Waals surface area contributed by atoms with Gasteiger partial charge in [0.15, 0.2) is 0 Å². The second kappa shape index (κ2) is 5.12. The van der Waals surface area contributed by atoms with E-state index in [4.69, 9.17) is 0 Å². The number of fused-ring (bicyclic) bond motifs is 2. The first kappa shape index (κ1) is 12.9. The first-order valence-corrected chi connectivity index (χ1v) is 7.41. The molecule has 3 rings (SSSR count). The summed E-state index contributed by atoms with van der Waals surface area (Å²) in [6.45, 7) is 2.03. The fourth-order valence-corrected chi connectivity index (χ4v) is 3.92. The van der Waals surface area contributed by atoms with Crippen LogP contribution in [0.25, 0.3) is 0 Å². The number of hydrogen-bond acceptors (Lipinski definition) is 2. The van der Waals surface area contributed by atoms with Crippen LogP contribution in [0, 0.1) is 12.7 Å². The van der Waals surface area contributed by atoms with Crippen LogP contribution in [-0.4, -0.2) is 25.2 Å². The van der Waals surface area contributed by atoms with E-state index in [0.29, 0.717) is 18.1 Å². The minimum absolute atomic E-state index is 0.128. The van der Waals surface area contributed by atoms with Crippen LogP contribution in [0.4, 0.5) is 10.1 Å². The van der Waals surface area contributed by atoms with Crippen LogP contribution in [0.2, 0.25) is 0 Å². The molecule has 2 heterocycles. The molecular weight excluding hydrogens is 239 g/mol. The number of aryl methyl sites for hydroxylation is 1. The largest absolute Gasteiger partial charge is 0.365 e. The first-order chi connectivity index (χ1) is 9.19. The fraction of sp³-hybridized carbons (Fsp3) is 0.625. The van der Waals surface area contributed by atoms with Crippen LogP contribution in [-0.2, 0) is 0 Å². The number of hydrogen-bond donors (Lipinski definition) is 1. The van der Waals surface area contributed by atoms with Gasteiger partial charge in [-0.1, -0.05) is 0 Å². The van der Waals surface area contributed by atoms with E-state index in [9.17, 15) is 4.39 Å². The van der Waals surface area contributed by atoms with Gasteiger partial charge in [-0.15, -0.1) is 0 Å². The Kier molecular flexibility index (Phi) is 3.48. The molecule has 19 heavy (non-hydrogen) atoms. The maximum atomic E-state index is 13.3. The SMILES string of the molecule is CNC1CC2CCCC(C1)N2c1ccc(F)cc1C. The molecule has 2 atom stereocenters. The van der Waals surface area contributed by atoms with Crippen LogP contribution in [0.15, 0.2) is 18.2 Å². The fourth-order valence-electron chi connectivity index (χ4n) is 3.92. The lowest BCUT2D eigenvalue weighted by atomic mass is 9.81. The average Bonchev–Trinajstić information content (AvgIpc) is 2.37. The van der Waals surface area contributed by atoms with Crippen LogP contribution in [0.5, 0.6) is 0 Å². The molecule has 2 saturated heterocycles. The predicted molar refractivity (Wildman–Crippen MR) is 77.1 cm³/mol. The predicted octanol–water partition coefficient (Wildman–Crippen LogP) is 3.24. The van der Waals surface area contributed by atoms with Crippen LogP contribution in [0.1, 0.15) is 37.7 Å².